The molecule has 4 heteroatoms. The number of halogens is 1. The van der Waals surface area contributed by atoms with Crippen LogP contribution in [0.2, 0.25) is 0 Å². The van der Waals surface area contributed by atoms with Gasteiger partial charge in [0, 0.05) is 19.1 Å². The van der Waals surface area contributed by atoms with Crippen molar-refractivity contribution >= 4 is 11.6 Å². The van der Waals surface area contributed by atoms with E-state index in [1.807, 2.05) is 6.08 Å². The van der Waals surface area contributed by atoms with Crippen LogP contribution in [0.3, 0.4) is 0 Å². The van der Waals surface area contributed by atoms with E-state index in [9.17, 15) is 0 Å². The Kier molecular flexibility index (Phi) is 5.49. The van der Waals surface area contributed by atoms with Crippen LogP contribution in [0, 0.1) is 0 Å². The van der Waals surface area contributed by atoms with Gasteiger partial charge in [0.15, 0.2) is 0 Å². The molecular formula is C14H25ClN2O. The third-order valence-electron chi connectivity index (χ3n) is 3.98. The summed E-state index contributed by atoms with van der Waals surface area (Å²) < 4.78 is 6.15. The largest absolute Gasteiger partial charge is 0.360 e. The van der Waals surface area contributed by atoms with E-state index in [1.54, 1.807) is 0 Å². The van der Waals surface area contributed by atoms with E-state index in [4.69, 9.17) is 16.3 Å². The predicted octanol–water partition coefficient (Wildman–Crippen LogP) is 2.71. The third kappa shape index (κ3) is 3.95. The summed E-state index contributed by atoms with van der Waals surface area (Å²) in [7, 11) is 0. The van der Waals surface area contributed by atoms with E-state index < -0.39 is 0 Å². The van der Waals surface area contributed by atoms with Crippen molar-refractivity contribution in [3.05, 3.63) is 12.7 Å². The van der Waals surface area contributed by atoms with Crippen LogP contribution in [0.1, 0.15) is 39.0 Å². The van der Waals surface area contributed by atoms with E-state index >= 15 is 0 Å². The summed E-state index contributed by atoms with van der Waals surface area (Å²) in [6.45, 7) is 8.18. The Morgan fingerprint density at radius 3 is 2.94 bits per heavy atom. The smallest absolute Gasteiger partial charge is 0.109 e. The van der Waals surface area contributed by atoms with Gasteiger partial charge in [0.1, 0.15) is 6.23 Å². The lowest BCUT2D eigenvalue weighted by Crippen LogP contribution is -2.48. The van der Waals surface area contributed by atoms with Crippen molar-refractivity contribution in [3.8, 4) is 0 Å². The van der Waals surface area contributed by atoms with Gasteiger partial charge in [-0.05, 0) is 39.0 Å². The fourth-order valence-corrected chi connectivity index (χ4v) is 3.22. The molecule has 2 heterocycles. The lowest BCUT2D eigenvalue weighted by atomic mass is 10.0. The Morgan fingerprint density at radius 1 is 1.44 bits per heavy atom. The van der Waals surface area contributed by atoms with Crippen molar-refractivity contribution in [2.24, 2.45) is 0 Å². The molecule has 0 aromatic heterocycles. The molecule has 0 bridgehead atoms. The molecule has 18 heavy (non-hydrogen) atoms. The highest BCUT2D eigenvalue weighted by Crippen LogP contribution is 2.23. The number of ether oxygens (including phenoxy) is 1. The molecule has 2 rings (SSSR count). The van der Waals surface area contributed by atoms with Crippen LogP contribution >= 0.6 is 11.6 Å². The predicted molar refractivity (Wildman–Crippen MR) is 75.8 cm³/mol. The zero-order valence-corrected chi connectivity index (χ0v) is 12.0. The second-order valence-corrected chi connectivity index (χ2v) is 6.00. The minimum atomic E-state index is 0.0852. The Balaban J connectivity index is 1.76. The second kappa shape index (κ2) is 6.90. The van der Waals surface area contributed by atoms with Gasteiger partial charge in [-0.1, -0.05) is 6.08 Å². The molecule has 0 spiro atoms. The van der Waals surface area contributed by atoms with Crippen molar-refractivity contribution in [2.75, 3.05) is 13.1 Å². The van der Waals surface area contributed by atoms with Crippen LogP contribution in [0.15, 0.2) is 12.7 Å². The highest BCUT2D eigenvalue weighted by atomic mass is 35.5. The molecule has 1 N–H and O–H groups in total. The van der Waals surface area contributed by atoms with Crippen LogP contribution in [-0.2, 0) is 4.74 Å². The third-order valence-corrected chi connectivity index (χ3v) is 4.32. The average Bonchev–Trinajstić information content (AvgIpc) is 2.33. The van der Waals surface area contributed by atoms with E-state index in [0.29, 0.717) is 12.1 Å². The maximum Gasteiger partial charge on any atom is 0.109 e. The first-order valence-electron chi connectivity index (χ1n) is 7.09. The summed E-state index contributed by atoms with van der Waals surface area (Å²) in [6.07, 6.45) is 8.04. The zero-order chi connectivity index (χ0) is 13.0. The zero-order valence-electron chi connectivity index (χ0n) is 11.3. The molecule has 0 radical (unpaired) electrons. The molecule has 3 nitrogen and oxygen atoms in total. The number of rotatable bonds is 4. The molecule has 0 amide bonds. The SMILES string of the molecule is C=CCN1CCC(OC2CCCC(Cl)N2)CC1C. The summed E-state index contributed by atoms with van der Waals surface area (Å²) in [5, 5.41) is 3.33. The monoisotopic (exact) mass is 272 g/mol. The van der Waals surface area contributed by atoms with Gasteiger partial charge in [0.2, 0.25) is 0 Å². The first kappa shape index (κ1) is 14.3. The quantitative estimate of drug-likeness (QED) is 0.484. The standard InChI is InChI=1S/C14H25ClN2O/c1-3-8-17-9-7-12(10-11(17)2)18-14-6-4-5-13(15)16-14/h3,11-14,16H,1,4-10H2,2H3. The van der Waals surface area contributed by atoms with Crippen LogP contribution in [0.5, 0.6) is 0 Å². The molecule has 2 saturated heterocycles. The Hall–Kier alpha value is -0.0900. The van der Waals surface area contributed by atoms with Gasteiger partial charge in [-0.3, -0.25) is 10.2 Å². The maximum absolute atomic E-state index is 6.15. The number of hydrogen-bond acceptors (Lipinski definition) is 3. The molecule has 0 aliphatic carbocycles. The van der Waals surface area contributed by atoms with Crippen LogP contribution in [0.25, 0.3) is 0 Å². The first-order valence-corrected chi connectivity index (χ1v) is 7.53. The molecular weight excluding hydrogens is 248 g/mol. The molecule has 2 aliphatic rings. The van der Waals surface area contributed by atoms with Gasteiger partial charge in [-0.25, -0.2) is 0 Å². The number of piperidine rings is 2. The Labute approximate surface area is 116 Å². The molecule has 2 aliphatic heterocycles. The minimum absolute atomic E-state index is 0.0852. The maximum atomic E-state index is 6.15. The summed E-state index contributed by atoms with van der Waals surface area (Å²) in [5.74, 6) is 0. The highest BCUT2D eigenvalue weighted by molar-refractivity contribution is 6.20. The lowest BCUT2D eigenvalue weighted by molar-refractivity contribution is -0.0772. The van der Waals surface area contributed by atoms with Crippen molar-refractivity contribution in [1.29, 1.82) is 0 Å². The summed E-state index contributed by atoms with van der Waals surface area (Å²) in [5.41, 5.74) is 0.0852. The van der Waals surface area contributed by atoms with E-state index in [2.05, 4.69) is 23.7 Å². The Morgan fingerprint density at radius 2 is 2.28 bits per heavy atom. The van der Waals surface area contributed by atoms with Crippen molar-refractivity contribution in [1.82, 2.24) is 10.2 Å². The van der Waals surface area contributed by atoms with Gasteiger partial charge >= 0.3 is 0 Å². The Bertz CT molecular complexity index is 275. The molecule has 0 saturated carbocycles. The lowest BCUT2D eigenvalue weighted by Gasteiger charge is -2.39. The number of likely N-dealkylation sites (tertiary alicyclic amines) is 1. The van der Waals surface area contributed by atoms with E-state index in [-0.39, 0.29) is 11.7 Å². The summed E-state index contributed by atoms with van der Waals surface area (Å²) >= 11 is 6.11. The van der Waals surface area contributed by atoms with Crippen LogP contribution in [0.4, 0.5) is 0 Å². The number of hydrogen-bond donors (Lipinski definition) is 1. The molecule has 0 aromatic carbocycles. The minimum Gasteiger partial charge on any atom is -0.360 e. The normalized spacial score (nSPS) is 38.6. The molecule has 0 aromatic rings. The average molecular weight is 273 g/mol. The summed E-state index contributed by atoms with van der Waals surface area (Å²) in [4.78, 5) is 2.46. The van der Waals surface area contributed by atoms with Gasteiger partial charge < -0.3 is 4.74 Å². The van der Waals surface area contributed by atoms with Gasteiger partial charge in [-0.2, -0.15) is 0 Å². The van der Waals surface area contributed by atoms with E-state index in [0.717, 1.165) is 45.2 Å². The molecule has 104 valence electrons. The fourth-order valence-electron chi connectivity index (χ4n) is 2.93. The first-order chi connectivity index (χ1) is 8.69. The van der Waals surface area contributed by atoms with Crippen molar-refractivity contribution in [3.63, 3.8) is 0 Å². The van der Waals surface area contributed by atoms with Crippen LogP contribution < -0.4 is 5.32 Å². The number of nitrogens with one attached hydrogen (secondary N) is 1. The van der Waals surface area contributed by atoms with Gasteiger partial charge in [-0.15, -0.1) is 18.2 Å². The number of nitrogens with zero attached hydrogens (tertiary/aromatic N) is 1. The van der Waals surface area contributed by atoms with Crippen LogP contribution in [-0.4, -0.2) is 41.9 Å². The fraction of sp³-hybridized carbons (Fsp3) is 0.857. The number of alkyl halides is 1. The topological polar surface area (TPSA) is 24.5 Å². The molecule has 4 unspecified atom stereocenters. The van der Waals surface area contributed by atoms with Crippen molar-refractivity contribution in [2.45, 2.75) is 62.9 Å². The second-order valence-electron chi connectivity index (χ2n) is 5.47. The van der Waals surface area contributed by atoms with E-state index in [1.165, 1.54) is 0 Å². The molecule has 2 fully saturated rings. The highest BCUT2D eigenvalue weighted by Gasteiger charge is 2.28. The van der Waals surface area contributed by atoms with Gasteiger partial charge in [0.25, 0.3) is 0 Å². The summed E-state index contributed by atoms with van der Waals surface area (Å²) in [6, 6.07) is 0.581. The molecule has 4 atom stereocenters. The van der Waals surface area contributed by atoms with Crippen molar-refractivity contribution < 1.29 is 4.74 Å². The van der Waals surface area contributed by atoms with Gasteiger partial charge in [0.05, 0.1) is 11.6 Å².